The van der Waals surface area contributed by atoms with Crippen LogP contribution in [-0.4, -0.2) is 4.57 Å². The number of hydrogen-bond acceptors (Lipinski definition) is 3. The smallest absolute Gasteiger partial charge is 0.220 e. The van der Waals surface area contributed by atoms with E-state index in [1.54, 1.807) is 0 Å². The molecule has 0 aliphatic carbocycles. The summed E-state index contributed by atoms with van der Waals surface area (Å²) in [6, 6.07) is 38.1. The molecule has 2 aromatic heterocycles. The second-order valence-corrected chi connectivity index (χ2v) is 12.9. The highest BCUT2D eigenvalue weighted by molar-refractivity contribution is 5.90. The summed E-state index contributed by atoms with van der Waals surface area (Å²) in [5.41, 5.74) is 18.3. The van der Waals surface area contributed by atoms with E-state index in [0.717, 1.165) is 41.8 Å². The van der Waals surface area contributed by atoms with Gasteiger partial charge in [0.05, 0.1) is 34.6 Å². The number of fused-ring (bicyclic) bond motifs is 2. The fraction of sp³-hybridized carbons (Fsp3) is 0.286. The zero-order valence-electron chi connectivity index (χ0n) is 28.2. The van der Waals surface area contributed by atoms with Crippen LogP contribution in [0.15, 0.2) is 127 Å². The van der Waals surface area contributed by atoms with Crippen molar-refractivity contribution in [1.29, 1.82) is 0 Å². The predicted molar refractivity (Wildman–Crippen MR) is 199 cm³/mol. The Balaban J connectivity index is 0.928. The van der Waals surface area contributed by atoms with Crippen molar-refractivity contribution in [3.8, 4) is 0 Å². The number of nitrogen functional groups attached to an aromatic ring is 1. The summed E-state index contributed by atoms with van der Waals surface area (Å²) in [7, 11) is 0. The predicted octanol–water partition coefficient (Wildman–Crippen LogP) is 8.07. The highest BCUT2D eigenvalue weighted by Crippen LogP contribution is 2.23. The van der Waals surface area contributed by atoms with Gasteiger partial charge in [0, 0.05) is 48.9 Å². The number of rotatable bonds is 16. The number of aromatic nitrogens is 2. The van der Waals surface area contributed by atoms with Gasteiger partial charge in [-0.05, 0) is 54.3 Å². The molecule has 6 heteroatoms. The van der Waals surface area contributed by atoms with Gasteiger partial charge in [-0.3, -0.25) is 4.99 Å². The summed E-state index contributed by atoms with van der Waals surface area (Å²) in [4.78, 5) is 4.92. The molecule has 0 fully saturated rings. The maximum atomic E-state index is 6.20. The first-order chi connectivity index (χ1) is 23.6. The third kappa shape index (κ3) is 8.90. The van der Waals surface area contributed by atoms with Gasteiger partial charge in [0.15, 0.2) is 6.20 Å². The number of benzene rings is 4. The van der Waals surface area contributed by atoms with Crippen LogP contribution in [0.5, 0.6) is 0 Å². The monoisotopic (exact) mass is 638 g/mol. The van der Waals surface area contributed by atoms with Crippen molar-refractivity contribution in [2.45, 2.75) is 77.5 Å². The molecule has 0 saturated heterocycles. The van der Waals surface area contributed by atoms with Gasteiger partial charge in [0.1, 0.15) is 12.2 Å². The Hall–Kier alpha value is -4.94. The van der Waals surface area contributed by atoms with E-state index in [9.17, 15) is 0 Å². The molecular weight excluding hydrogens is 589 g/mol. The van der Waals surface area contributed by atoms with Gasteiger partial charge in [0.25, 0.3) is 0 Å². The van der Waals surface area contributed by atoms with Crippen LogP contribution in [0.3, 0.4) is 0 Å². The van der Waals surface area contributed by atoms with E-state index in [2.05, 4.69) is 130 Å². The minimum absolute atomic E-state index is 0.678. The Morgan fingerprint density at radius 3 is 2.15 bits per heavy atom. The Bertz CT molecular complexity index is 1980. The van der Waals surface area contributed by atoms with Crippen molar-refractivity contribution >= 4 is 38.9 Å². The van der Waals surface area contributed by atoms with Crippen LogP contribution in [0.4, 0.5) is 17.1 Å². The number of nitrogens with one attached hydrogen (secondary N) is 1. The number of unbranched alkanes of at least 4 members (excludes halogenated alkanes) is 7. The quantitative estimate of drug-likeness (QED) is 0.0569. The van der Waals surface area contributed by atoms with Crippen molar-refractivity contribution in [2.24, 2.45) is 4.99 Å². The van der Waals surface area contributed by atoms with E-state index >= 15 is 0 Å². The molecule has 0 saturated carbocycles. The van der Waals surface area contributed by atoms with Gasteiger partial charge in [-0.15, -0.1) is 0 Å². The molecule has 0 unspecified atom stereocenters. The lowest BCUT2D eigenvalue weighted by molar-refractivity contribution is -0.671. The highest BCUT2D eigenvalue weighted by atomic mass is 15.0. The largest absolute Gasteiger partial charge is 0.399 e. The summed E-state index contributed by atoms with van der Waals surface area (Å²) in [5, 5.41) is 7.08. The number of pyridine rings is 2. The molecule has 48 heavy (non-hydrogen) atoms. The maximum Gasteiger partial charge on any atom is 0.220 e. The molecule has 0 spiro atoms. The van der Waals surface area contributed by atoms with E-state index in [4.69, 9.17) is 10.7 Å². The van der Waals surface area contributed by atoms with Crippen LogP contribution >= 0.6 is 0 Å². The number of aryl methyl sites for hydroxylation is 2. The summed E-state index contributed by atoms with van der Waals surface area (Å²) in [6.07, 6.45) is 14.5. The second-order valence-electron chi connectivity index (χ2n) is 12.9. The van der Waals surface area contributed by atoms with E-state index in [-0.39, 0.29) is 0 Å². The van der Waals surface area contributed by atoms with Gasteiger partial charge in [-0.1, -0.05) is 92.8 Å². The van der Waals surface area contributed by atoms with Crippen molar-refractivity contribution in [3.05, 3.63) is 138 Å². The molecule has 6 N–H and O–H groups in total. The summed E-state index contributed by atoms with van der Waals surface area (Å²) < 4.78 is 4.74. The lowest BCUT2D eigenvalue weighted by Gasteiger charge is -2.12. The first-order valence-electron chi connectivity index (χ1n) is 17.6. The summed E-state index contributed by atoms with van der Waals surface area (Å²) in [5.74, 6) is 0. The molecule has 0 atom stereocenters. The minimum Gasteiger partial charge on any atom is -0.399 e. The fourth-order valence-electron chi connectivity index (χ4n) is 6.57. The van der Waals surface area contributed by atoms with Gasteiger partial charge in [-0.2, -0.15) is 4.57 Å². The molecule has 6 rings (SSSR count). The zero-order chi connectivity index (χ0) is 33.0. The average molecular weight is 639 g/mol. The van der Waals surface area contributed by atoms with Crippen molar-refractivity contribution in [2.75, 3.05) is 11.1 Å². The first kappa shape index (κ1) is 33.0. The Morgan fingerprint density at radius 1 is 0.688 bits per heavy atom. The number of quaternary nitrogens is 1. The molecule has 0 bridgehead atoms. The van der Waals surface area contributed by atoms with Gasteiger partial charge >= 0.3 is 0 Å². The van der Waals surface area contributed by atoms with E-state index in [0.29, 0.717) is 6.54 Å². The molecule has 0 amide bonds. The van der Waals surface area contributed by atoms with E-state index in [1.807, 2.05) is 12.1 Å². The second kappa shape index (κ2) is 16.8. The molecule has 6 nitrogen and oxygen atoms in total. The van der Waals surface area contributed by atoms with Crippen molar-refractivity contribution in [3.63, 3.8) is 0 Å². The fourth-order valence-corrected chi connectivity index (χ4v) is 6.57. The Labute approximate surface area is 284 Å². The van der Waals surface area contributed by atoms with Gasteiger partial charge < -0.3 is 21.4 Å². The summed E-state index contributed by atoms with van der Waals surface area (Å²) in [6.45, 7) is 3.53. The number of nitrogens with zero attached hydrogens (tertiary/aromatic N) is 3. The zero-order valence-corrected chi connectivity index (χ0v) is 28.2. The molecule has 2 heterocycles. The minimum atomic E-state index is 0.678. The lowest BCUT2D eigenvalue weighted by atomic mass is 10.1. The maximum absolute atomic E-state index is 6.20. The van der Waals surface area contributed by atoms with Crippen LogP contribution in [0.1, 0.15) is 62.5 Å². The van der Waals surface area contributed by atoms with Crippen molar-refractivity contribution in [1.82, 2.24) is 4.57 Å². The van der Waals surface area contributed by atoms with Gasteiger partial charge in [-0.25, -0.2) is 0 Å². The third-order valence-electron chi connectivity index (χ3n) is 9.25. The van der Waals surface area contributed by atoms with Crippen LogP contribution in [0.2, 0.25) is 0 Å². The molecule has 0 aliphatic heterocycles. The number of nitrogens with two attached hydrogens (primary N) is 1. The molecular formula is C42H50N6+2. The van der Waals surface area contributed by atoms with Crippen LogP contribution in [-0.2, 0) is 26.2 Å². The van der Waals surface area contributed by atoms with Gasteiger partial charge in [0.2, 0.25) is 5.52 Å². The molecule has 0 radical (unpaired) electrons. The average Bonchev–Trinajstić information content (AvgIpc) is 3.12. The molecule has 0 aliphatic rings. The van der Waals surface area contributed by atoms with Crippen LogP contribution in [0.25, 0.3) is 21.8 Å². The standard InChI is InChI=1S/C42H48N6/c43-35-19-21-37-39(45-31-33-15-9-7-10-16-33)23-27-47(41(37)29-35)25-13-5-3-1-2-4-6-14-26-48-28-24-40(38-22-20-36(44)30-42(38)48)46-32-34-17-11-8-12-18-34/h7-12,15-24,27-30H,1-6,13-14,25-26,31-32H2,(H4,43,44,45,46)/p+2. The molecule has 4 aromatic carbocycles. The molecule has 6 aromatic rings. The SMILES string of the molecule is Nc1ccc2c(=NCc3ccccc3)ccn(CCCCCCCCCC[n+]3ccc(NCc4ccccc4)c4ccc([NH3+])cc43)c2c1. The van der Waals surface area contributed by atoms with Crippen LogP contribution in [0, 0.1) is 0 Å². The number of anilines is 2. The third-order valence-corrected chi connectivity index (χ3v) is 9.25. The lowest BCUT2D eigenvalue weighted by Crippen LogP contribution is -2.41. The van der Waals surface area contributed by atoms with Crippen LogP contribution < -0.4 is 26.7 Å². The number of hydrogen-bond donors (Lipinski definition) is 3. The highest BCUT2D eigenvalue weighted by Gasteiger charge is 2.14. The van der Waals surface area contributed by atoms with Crippen molar-refractivity contribution < 1.29 is 10.3 Å². The topological polar surface area (TPSA) is 86.9 Å². The van der Waals surface area contributed by atoms with E-state index in [1.165, 1.54) is 84.6 Å². The van der Waals surface area contributed by atoms with E-state index < -0.39 is 0 Å². The first-order valence-corrected chi connectivity index (χ1v) is 17.6. The normalized spacial score (nSPS) is 11.8. The Morgan fingerprint density at radius 2 is 1.38 bits per heavy atom. The molecule has 246 valence electrons. The summed E-state index contributed by atoms with van der Waals surface area (Å²) >= 11 is 0. The Kier molecular flexibility index (Phi) is 11.5.